The van der Waals surface area contributed by atoms with Gasteiger partial charge >= 0.3 is 0 Å². The Balaban J connectivity index is 1.03. The Hall–Kier alpha value is -8.78. The van der Waals surface area contributed by atoms with Crippen LogP contribution in [0.5, 0.6) is 0 Å². The van der Waals surface area contributed by atoms with E-state index in [4.69, 9.17) is 0 Å². The third kappa shape index (κ3) is 5.81. The number of fused-ring (bicyclic) bond motifs is 9. The average Bonchev–Trinajstić information content (AvgIpc) is 3.72. The lowest BCUT2D eigenvalue weighted by Gasteiger charge is -2.18. The molecule has 1 heterocycles. The topological polar surface area (TPSA) is 4.93 Å². The molecule has 0 aliphatic rings. The second-order valence-electron chi connectivity index (χ2n) is 17.9. The molecule has 1 heteroatoms. The number of nitrogens with zero attached hydrogens (tertiary/aromatic N) is 1. The number of para-hydroxylation sites is 1. The molecule has 0 aliphatic carbocycles. The predicted molar refractivity (Wildman–Crippen MR) is 288 cm³/mol. The lowest BCUT2D eigenvalue weighted by Crippen LogP contribution is -1.94. The first-order valence-electron chi connectivity index (χ1n) is 23.2. The summed E-state index contributed by atoms with van der Waals surface area (Å²) in [5.74, 6) is 0. The second kappa shape index (κ2) is 14.9. The van der Waals surface area contributed by atoms with E-state index in [0.717, 1.165) is 5.69 Å². The van der Waals surface area contributed by atoms with Crippen molar-refractivity contribution >= 4 is 86.4 Å². The molecule has 0 atom stereocenters. The van der Waals surface area contributed by atoms with E-state index < -0.39 is 0 Å². The van der Waals surface area contributed by atoms with E-state index in [9.17, 15) is 0 Å². The maximum Gasteiger partial charge on any atom is 0.0541 e. The zero-order valence-electron chi connectivity index (χ0n) is 36.6. The average molecular weight is 848 g/mol. The highest BCUT2D eigenvalue weighted by Crippen LogP contribution is 2.48. The first kappa shape index (κ1) is 37.6. The summed E-state index contributed by atoms with van der Waals surface area (Å²) in [5.41, 5.74) is 13.5. The third-order valence-electron chi connectivity index (χ3n) is 14.3. The first-order valence-corrected chi connectivity index (χ1v) is 23.2. The van der Waals surface area contributed by atoms with Gasteiger partial charge in [-0.15, -0.1) is 0 Å². The minimum atomic E-state index is 1.15. The summed E-state index contributed by atoms with van der Waals surface area (Å²) in [5, 5.41) is 17.5. The van der Waals surface area contributed by atoms with Crippen molar-refractivity contribution in [2.75, 3.05) is 0 Å². The van der Waals surface area contributed by atoms with Gasteiger partial charge < -0.3 is 4.57 Å². The van der Waals surface area contributed by atoms with E-state index in [1.54, 1.807) is 0 Å². The van der Waals surface area contributed by atoms with Gasteiger partial charge in [0.1, 0.15) is 0 Å². The van der Waals surface area contributed by atoms with Gasteiger partial charge in [0.2, 0.25) is 0 Å². The van der Waals surface area contributed by atoms with E-state index in [0.29, 0.717) is 0 Å². The van der Waals surface area contributed by atoms with Crippen LogP contribution in [0.3, 0.4) is 0 Å². The summed E-state index contributed by atoms with van der Waals surface area (Å²) in [6.45, 7) is 0. The second-order valence-corrected chi connectivity index (χ2v) is 17.9. The number of hydrogen-bond acceptors (Lipinski definition) is 0. The minimum Gasteiger partial charge on any atom is -0.309 e. The van der Waals surface area contributed by atoms with Crippen molar-refractivity contribution in [2.24, 2.45) is 0 Å². The van der Waals surface area contributed by atoms with E-state index in [-0.39, 0.29) is 0 Å². The van der Waals surface area contributed by atoms with Gasteiger partial charge in [-0.3, -0.25) is 0 Å². The molecule has 0 amide bonds. The lowest BCUT2D eigenvalue weighted by atomic mass is 9.85. The van der Waals surface area contributed by atoms with Gasteiger partial charge in [-0.25, -0.2) is 0 Å². The SMILES string of the molecule is c1ccc(-n2c3ccc(-c4c5ccccc5c(-c5ccc6ccccc6c5)c5ccccc45)cc3c3cc(-c4c5ccccc5c(-c5ccc6ccccc6c5)c5ccccc45)ccc32)cc1. The van der Waals surface area contributed by atoms with Crippen LogP contribution in [0.15, 0.2) is 249 Å². The van der Waals surface area contributed by atoms with Gasteiger partial charge in [-0.05, 0) is 158 Å². The molecular weight excluding hydrogens is 807 g/mol. The predicted octanol–water partition coefficient (Wildman–Crippen LogP) is 18.4. The van der Waals surface area contributed by atoms with Crippen molar-refractivity contribution in [3.8, 4) is 50.2 Å². The van der Waals surface area contributed by atoms with Gasteiger partial charge in [-0.1, -0.05) is 200 Å². The fourth-order valence-electron chi connectivity index (χ4n) is 11.4. The zero-order valence-corrected chi connectivity index (χ0v) is 36.6. The number of aromatic nitrogens is 1. The number of benzene rings is 13. The molecule has 67 heavy (non-hydrogen) atoms. The molecule has 0 N–H and O–H groups in total. The smallest absolute Gasteiger partial charge is 0.0541 e. The molecule has 14 aromatic rings. The summed E-state index contributed by atoms with van der Waals surface area (Å²) < 4.78 is 2.44. The Kier molecular flexibility index (Phi) is 8.35. The van der Waals surface area contributed by atoms with Crippen molar-refractivity contribution < 1.29 is 0 Å². The van der Waals surface area contributed by atoms with Crippen molar-refractivity contribution in [1.82, 2.24) is 4.57 Å². The Labute approximate surface area is 388 Å². The van der Waals surface area contributed by atoms with Crippen LogP contribution in [0.2, 0.25) is 0 Å². The summed E-state index contributed by atoms with van der Waals surface area (Å²) >= 11 is 0. The fourth-order valence-corrected chi connectivity index (χ4v) is 11.4. The van der Waals surface area contributed by atoms with Crippen LogP contribution in [0, 0.1) is 0 Å². The Morgan fingerprint density at radius 1 is 0.194 bits per heavy atom. The van der Waals surface area contributed by atoms with E-state index in [1.165, 1.54) is 131 Å². The van der Waals surface area contributed by atoms with Crippen LogP contribution >= 0.6 is 0 Å². The molecule has 1 aromatic heterocycles. The Morgan fingerprint density at radius 2 is 0.478 bits per heavy atom. The number of hydrogen-bond donors (Lipinski definition) is 0. The fraction of sp³-hybridized carbons (Fsp3) is 0. The molecule has 0 unspecified atom stereocenters. The van der Waals surface area contributed by atoms with E-state index in [2.05, 4.69) is 253 Å². The van der Waals surface area contributed by atoms with E-state index in [1.807, 2.05) is 0 Å². The van der Waals surface area contributed by atoms with Crippen LogP contribution in [0.4, 0.5) is 0 Å². The summed E-state index contributed by atoms with van der Waals surface area (Å²) in [6.07, 6.45) is 0. The Bertz CT molecular complexity index is 3950. The Morgan fingerprint density at radius 3 is 0.836 bits per heavy atom. The van der Waals surface area contributed by atoms with Crippen molar-refractivity contribution in [3.63, 3.8) is 0 Å². The molecule has 14 rings (SSSR count). The molecule has 310 valence electrons. The molecular formula is C66H41N. The van der Waals surface area contributed by atoms with Crippen molar-refractivity contribution in [2.45, 2.75) is 0 Å². The first-order chi connectivity index (χ1) is 33.2. The van der Waals surface area contributed by atoms with Crippen LogP contribution in [0.1, 0.15) is 0 Å². The van der Waals surface area contributed by atoms with Crippen LogP contribution in [0.25, 0.3) is 137 Å². The highest BCUT2D eigenvalue weighted by molar-refractivity contribution is 6.25. The van der Waals surface area contributed by atoms with Gasteiger partial charge in [0.25, 0.3) is 0 Å². The minimum absolute atomic E-state index is 1.15. The molecule has 0 radical (unpaired) electrons. The normalized spacial score (nSPS) is 11.9. The highest BCUT2D eigenvalue weighted by Gasteiger charge is 2.22. The van der Waals surface area contributed by atoms with Gasteiger partial charge in [0, 0.05) is 16.5 Å². The lowest BCUT2D eigenvalue weighted by molar-refractivity contribution is 1.18. The summed E-state index contributed by atoms with van der Waals surface area (Å²) in [4.78, 5) is 0. The zero-order chi connectivity index (χ0) is 44.0. The third-order valence-corrected chi connectivity index (χ3v) is 14.3. The van der Waals surface area contributed by atoms with Crippen LogP contribution < -0.4 is 0 Å². The van der Waals surface area contributed by atoms with Crippen molar-refractivity contribution in [1.29, 1.82) is 0 Å². The van der Waals surface area contributed by atoms with Gasteiger partial charge in [0.15, 0.2) is 0 Å². The molecule has 13 aromatic carbocycles. The molecule has 0 fully saturated rings. The largest absolute Gasteiger partial charge is 0.309 e. The maximum absolute atomic E-state index is 2.46. The molecule has 0 aliphatic heterocycles. The maximum atomic E-state index is 2.46. The van der Waals surface area contributed by atoms with Crippen molar-refractivity contribution in [3.05, 3.63) is 249 Å². The standard InChI is InChI=1S/C66H41N/c1-2-20-50(21-3-1)67-61-36-34-48(65-55-26-12-8-22-51(55)63(52-23-9-13-27-56(52)65)46-32-30-42-16-4-6-18-44(42)38-46)40-59(61)60-41-49(35-37-62(60)67)66-57-28-14-10-24-53(57)64(54-25-11-15-29-58(54)66)47-33-31-43-17-5-7-19-45(43)39-47/h1-41H. The van der Waals surface area contributed by atoms with Gasteiger partial charge in [0.05, 0.1) is 11.0 Å². The highest BCUT2D eigenvalue weighted by atomic mass is 15.0. The van der Waals surface area contributed by atoms with E-state index >= 15 is 0 Å². The quantitative estimate of drug-likeness (QED) is 0.152. The molecule has 0 bridgehead atoms. The van der Waals surface area contributed by atoms with Gasteiger partial charge in [-0.2, -0.15) is 0 Å². The number of rotatable bonds is 5. The monoisotopic (exact) mass is 847 g/mol. The van der Waals surface area contributed by atoms with Crippen LogP contribution in [-0.2, 0) is 0 Å². The molecule has 0 saturated carbocycles. The summed E-state index contributed by atoms with van der Waals surface area (Å²) in [6, 6.07) is 92.3. The molecule has 1 nitrogen and oxygen atoms in total. The molecule has 0 spiro atoms. The van der Waals surface area contributed by atoms with Crippen LogP contribution in [-0.4, -0.2) is 4.57 Å². The summed E-state index contributed by atoms with van der Waals surface area (Å²) in [7, 11) is 0. The molecule has 0 saturated heterocycles.